The van der Waals surface area contributed by atoms with Crippen LogP contribution in [0.5, 0.6) is 5.75 Å². The normalized spacial score (nSPS) is 20.7. The molecule has 1 aliphatic rings. The van der Waals surface area contributed by atoms with E-state index < -0.39 is 18.0 Å². The molecule has 1 aromatic carbocycles. The quantitative estimate of drug-likeness (QED) is 0.864. The molecule has 0 aliphatic carbocycles. The van der Waals surface area contributed by atoms with Crippen molar-refractivity contribution in [1.82, 2.24) is 4.90 Å². The topological polar surface area (TPSA) is 66.8 Å². The zero-order valence-electron chi connectivity index (χ0n) is 13.7. The van der Waals surface area contributed by atoms with Crippen LogP contribution in [-0.2, 0) is 16.0 Å². The summed E-state index contributed by atoms with van der Waals surface area (Å²) in [5.41, 5.74) is -0.588. The van der Waals surface area contributed by atoms with Crippen LogP contribution in [0.15, 0.2) is 24.3 Å². The summed E-state index contributed by atoms with van der Waals surface area (Å²) in [5.74, 6) is -1.34. The molecule has 1 saturated heterocycles. The Balaban J connectivity index is 2.11. The van der Waals surface area contributed by atoms with Crippen LogP contribution < -0.4 is 4.74 Å². The van der Waals surface area contributed by atoms with Crippen molar-refractivity contribution in [2.75, 3.05) is 13.1 Å². The van der Waals surface area contributed by atoms with Gasteiger partial charge in [-0.25, -0.2) is 0 Å². The number of amides is 1. The number of aliphatic carboxylic acids is 1. The number of rotatable bonds is 6. The molecule has 0 aromatic heterocycles. The molecule has 5 nitrogen and oxygen atoms in total. The second-order valence-electron chi connectivity index (χ2n) is 6.34. The van der Waals surface area contributed by atoms with Gasteiger partial charge in [-0.1, -0.05) is 32.0 Å². The molecular weight excluding hydrogens is 320 g/mol. The maximum absolute atomic E-state index is 12.5. The zero-order chi connectivity index (χ0) is 17.9. The van der Waals surface area contributed by atoms with Crippen molar-refractivity contribution < 1.29 is 28.2 Å². The minimum atomic E-state index is -2.96. The Labute approximate surface area is 139 Å². The van der Waals surface area contributed by atoms with Crippen LogP contribution in [0, 0.1) is 11.3 Å². The predicted molar refractivity (Wildman–Crippen MR) is 82.9 cm³/mol. The zero-order valence-corrected chi connectivity index (χ0v) is 13.7. The van der Waals surface area contributed by atoms with E-state index in [-0.39, 0.29) is 30.5 Å². The Bertz CT molecular complexity index is 620. The first-order valence-corrected chi connectivity index (χ1v) is 7.80. The van der Waals surface area contributed by atoms with Crippen molar-refractivity contribution in [3.63, 3.8) is 0 Å². The summed E-state index contributed by atoms with van der Waals surface area (Å²) in [5, 5.41) is 9.53. The molecule has 1 aromatic rings. The summed E-state index contributed by atoms with van der Waals surface area (Å²) in [7, 11) is 0. The number of halogens is 2. The van der Waals surface area contributed by atoms with E-state index in [1.807, 2.05) is 13.8 Å². The summed E-state index contributed by atoms with van der Waals surface area (Å²) in [6.07, 6.45) is 0.289. The number of benzene rings is 1. The lowest BCUT2D eigenvalue weighted by Gasteiger charge is -2.28. The third-order valence-corrected chi connectivity index (χ3v) is 4.71. The number of para-hydroxylation sites is 1. The molecule has 1 fully saturated rings. The van der Waals surface area contributed by atoms with Gasteiger partial charge in [-0.05, 0) is 18.4 Å². The molecule has 1 N–H and O–H groups in total. The number of alkyl halides is 2. The van der Waals surface area contributed by atoms with E-state index in [0.29, 0.717) is 18.5 Å². The standard InChI is InChI=1S/C17H21F2NO4/c1-11(2)17(15(22)23)7-8-20(10-17)14(21)9-12-5-3-4-6-13(12)24-16(18)19/h3-6,11,16H,7-10H2,1-2H3,(H,22,23). The molecule has 7 heteroatoms. The van der Waals surface area contributed by atoms with Crippen molar-refractivity contribution >= 4 is 11.9 Å². The van der Waals surface area contributed by atoms with E-state index in [1.54, 1.807) is 18.2 Å². The van der Waals surface area contributed by atoms with Crippen molar-refractivity contribution in [3.05, 3.63) is 29.8 Å². The molecular formula is C17H21F2NO4. The maximum atomic E-state index is 12.5. The number of carbonyl (C=O) groups excluding carboxylic acids is 1. The van der Waals surface area contributed by atoms with E-state index in [9.17, 15) is 23.5 Å². The van der Waals surface area contributed by atoms with Gasteiger partial charge in [-0.15, -0.1) is 0 Å². The van der Waals surface area contributed by atoms with Gasteiger partial charge in [-0.3, -0.25) is 9.59 Å². The van der Waals surface area contributed by atoms with Crippen LogP contribution in [0.25, 0.3) is 0 Å². The fraction of sp³-hybridized carbons (Fsp3) is 0.529. The van der Waals surface area contributed by atoms with Crippen molar-refractivity contribution in [1.29, 1.82) is 0 Å². The minimum absolute atomic E-state index is 0.0339. The first-order chi connectivity index (χ1) is 11.3. The van der Waals surface area contributed by atoms with Gasteiger partial charge in [0, 0.05) is 18.7 Å². The van der Waals surface area contributed by atoms with Gasteiger partial charge in [-0.2, -0.15) is 8.78 Å². The van der Waals surface area contributed by atoms with Crippen molar-refractivity contribution in [2.45, 2.75) is 33.3 Å². The number of ether oxygens (including phenoxy) is 1. The van der Waals surface area contributed by atoms with Crippen LogP contribution in [-0.4, -0.2) is 41.6 Å². The number of hydrogen-bond acceptors (Lipinski definition) is 3. The van der Waals surface area contributed by atoms with Gasteiger partial charge in [0.1, 0.15) is 5.75 Å². The summed E-state index contributed by atoms with van der Waals surface area (Å²) >= 11 is 0. The molecule has 0 bridgehead atoms. The molecule has 0 saturated carbocycles. The van der Waals surface area contributed by atoms with Crippen LogP contribution in [0.2, 0.25) is 0 Å². The summed E-state index contributed by atoms with van der Waals surface area (Å²) in [6, 6.07) is 6.13. The molecule has 24 heavy (non-hydrogen) atoms. The lowest BCUT2D eigenvalue weighted by molar-refractivity contribution is -0.151. The Kier molecular flexibility index (Phi) is 5.41. The third kappa shape index (κ3) is 3.66. The van der Waals surface area contributed by atoms with E-state index >= 15 is 0 Å². The molecule has 132 valence electrons. The Morgan fingerprint density at radius 1 is 1.33 bits per heavy atom. The fourth-order valence-corrected chi connectivity index (χ4v) is 3.07. The fourth-order valence-electron chi connectivity index (χ4n) is 3.07. The maximum Gasteiger partial charge on any atom is 0.387 e. The highest BCUT2D eigenvalue weighted by atomic mass is 19.3. The molecule has 1 atom stereocenters. The van der Waals surface area contributed by atoms with Gasteiger partial charge in [0.15, 0.2) is 0 Å². The number of hydrogen-bond donors (Lipinski definition) is 1. The number of carboxylic acids is 1. The number of carboxylic acid groups (broad SMARTS) is 1. The van der Waals surface area contributed by atoms with Crippen LogP contribution in [0.4, 0.5) is 8.78 Å². The van der Waals surface area contributed by atoms with E-state index in [0.717, 1.165) is 0 Å². The van der Waals surface area contributed by atoms with E-state index in [2.05, 4.69) is 4.74 Å². The van der Waals surface area contributed by atoms with Gasteiger partial charge in [0.25, 0.3) is 0 Å². The van der Waals surface area contributed by atoms with E-state index in [1.165, 1.54) is 11.0 Å². The Hall–Kier alpha value is -2.18. The van der Waals surface area contributed by atoms with Crippen molar-refractivity contribution in [3.8, 4) is 5.75 Å². The van der Waals surface area contributed by atoms with Gasteiger partial charge in [0.05, 0.1) is 11.8 Å². The second kappa shape index (κ2) is 7.15. The second-order valence-corrected chi connectivity index (χ2v) is 6.34. The highest BCUT2D eigenvalue weighted by molar-refractivity contribution is 5.82. The lowest BCUT2D eigenvalue weighted by Crippen LogP contribution is -2.41. The number of likely N-dealkylation sites (tertiary alicyclic amines) is 1. The smallest absolute Gasteiger partial charge is 0.387 e. The highest BCUT2D eigenvalue weighted by Crippen LogP contribution is 2.38. The average molecular weight is 341 g/mol. The van der Waals surface area contributed by atoms with Gasteiger partial charge < -0.3 is 14.7 Å². The van der Waals surface area contributed by atoms with Gasteiger partial charge in [0.2, 0.25) is 5.91 Å². The number of carbonyl (C=O) groups is 2. The number of nitrogens with zero attached hydrogens (tertiary/aromatic N) is 1. The summed E-state index contributed by atoms with van der Waals surface area (Å²) in [4.78, 5) is 25.6. The predicted octanol–water partition coefficient (Wildman–Crippen LogP) is 2.79. The summed E-state index contributed by atoms with van der Waals surface area (Å²) < 4.78 is 29.3. The van der Waals surface area contributed by atoms with Crippen LogP contribution >= 0.6 is 0 Å². The van der Waals surface area contributed by atoms with E-state index in [4.69, 9.17) is 0 Å². The Morgan fingerprint density at radius 3 is 2.54 bits per heavy atom. The molecule has 0 radical (unpaired) electrons. The Morgan fingerprint density at radius 2 is 2.00 bits per heavy atom. The van der Waals surface area contributed by atoms with Gasteiger partial charge >= 0.3 is 12.6 Å². The molecule has 1 aliphatic heterocycles. The van der Waals surface area contributed by atoms with Crippen LogP contribution in [0.1, 0.15) is 25.8 Å². The molecule has 0 spiro atoms. The lowest BCUT2D eigenvalue weighted by atomic mass is 9.76. The molecule has 1 unspecified atom stereocenters. The first kappa shape index (κ1) is 18.2. The highest BCUT2D eigenvalue weighted by Gasteiger charge is 2.48. The minimum Gasteiger partial charge on any atom is -0.481 e. The SMILES string of the molecule is CC(C)C1(C(=O)O)CCN(C(=O)Cc2ccccc2OC(F)F)C1. The van der Waals surface area contributed by atoms with Crippen molar-refractivity contribution in [2.24, 2.45) is 11.3 Å². The molecule has 1 amide bonds. The first-order valence-electron chi connectivity index (χ1n) is 7.80. The molecule has 1 heterocycles. The monoisotopic (exact) mass is 341 g/mol. The summed E-state index contributed by atoms with van der Waals surface area (Å²) in [6.45, 7) is 1.17. The average Bonchev–Trinajstić information content (AvgIpc) is 2.95. The molecule has 2 rings (SSSR count). The van der Waals surface area contributed by atoms with Crippen LogP contribution in [0.3, 0.4) is 0 Å². The third-order valence-electron chi connectivity index (χ3n) is 4.71. The largest absolute Gasteiger partial charge is 0.481 e.